The van der Waals surface area contributed by atoms with E-state index in [0.717, 1.165) is 12.8 Å². The van der Waals surface area contributed by atoms with Gasteiger partial charge in [0.25, 0.3) is 0 Å². The van der Waals surface area contributed by atoms with E-state index in [4.69, 9.17) is 14.6 Å². The van der Waals surface area contributed by atoms with Gasteiger partial charge >= 0.3 is 5.97 Å². The van der Waals surface area contributed by atoms with E-state index in [1.54, 1.807) is 0 Å². The molecule has 0 bridgehead atoms. The third-order valence-electron chi connectivity index (χ3n) is 2.14. The summed E-state index contributed by atoms with van der Waals surface area (Å²) >= 11 is 0. The number of pyridine rings is 1. The van der Waals surface area contributed by atoms with Crippen LogP contribution in [0.2, 0.25) is 0 Å². The quantitative estimate of drug-likeness (QED) is 0.702. The monoisotopic (exact) mass is 239 g/mol. The lowest BCUT2D eigenvalue weighted by atomic mass is 10.2. The number of unbranched alkanes of at least 4 members (excludes halogenated alkanes) is 1. The summed E-state index contributed by atoms with van der Waals surface area (Å²) in [5, 5.41) is 8.89. The lowest BCUT2D eigenvalue weighted by Gasteiger charge is -2.08. The van der Waals surface area contributed by atoms with Crippen LogP contribution in [0.5, 0.6) is 5.75 Å². The van der Waals surface area contributed by atoms with Crippen LogP contribution >= 0.6 is 0 Å². The van der Waals surface area contributed by atoms with Crippen LogP contribution < -0.4 is 4.74 Å². The van der Waals surface area contributed by atoms with Crippen LogP contribution in [0.25, 0.3) is 0 Å². The first-order chi connectivity index (χ1) is 8.25. The maximum atomic E-state index is 10.8. The molecule has 5 nitrogen and oxygen atoms in total. The zero-order valence-corrected chi connectivity index (χ0v) is 9.89. The Morgan fingerprint density at radius 2 is 2.24 bits per heavy atom. The Hall–Kier alpha value is -1.62. The number of nitrogens with zero attached hydrogens (tertiary/aromatic N) is 1. The minimum Gasteiger partial charge on any atom is -0.490 e. The highest BCUT2D eigenvalue weighted by atomic mass is 16.5. The first-order valence-electron chi connectivity index (χ1n) is 5.63. The number of carbonyl (C=O) groups is 1. The fourth-order valence-corrected chi connectivity index (χ4v) is 1.23. The molecule has 0 fully saturated rings. The Balaban J connectivity index is 2.34. The van der Waals surface area contributed by atoms with E-state index >= 15 is 0 Å². The lowest BCUT2D eigenvalue weighted by molar-refractivity contribution is 0.0684. The van der Waals surface area contributed by atoms with Gasteiger partial charge in [-0.15, -0.1) is 0 Å². The number of carboxylic acid groups (broad SMARTS) is 1. The second-order valence-corrected chi connectivity index (χ2v) is 3.49. The maximum absolute atomic E-state index is 10.8. The number of aromatic carboxylic acids is 1. The summed E-state index contributed by atoms with van der Waals surface area (Å²) in [6.45, 7) is 3.60. The van der Waals surface area contributed by atoms with Crippen molar-refractivity contribution in [1.29, 1.82) is 0 Å². The predicted octanol–water partition coefficient (Wildman–Crippen LogP) is 1.98. The van der Waals surface area contributed by atoms with Crippen molar-refractivity contribution in [3.05, 3.63) is 24.0 Å². The molecular formula is C12H17NO4. The van der Waals surface area contributed by atoms with Crippen LogP contribution in [0.15, 0.2) is 18.5 Å². The Morgan fingerprint density at radius 3 is 2.94 bits per heavy atom. The number of rotatable bonds is 8. The second kappa shape index (κ2) is 7.62. The third kappa shape index (κ3) is 4.82. The molecule has 0 spiro atoms. The van der Waals surface area contributed by atoms with Crippen molar-refractivity contribution in [3.63, 3.8) is 0 Å². The van der Waals surface area contributed by atoms with Crippen LogP contribution in [0.3, 0.4) is 0 Å². The highest BCUT2D eigenvalue weighted by molar-refractivity contribution is 5.90. The first kappa shape index (κ1) is 13.4. The van der Waals surface area contributed by atoms with Gasteiger partial charge in [0.2, 0.25) is 0 Å². The Bertz CT molecular complexity index is 354. The molecule has 0 aromatic carbocycles. The Kier molecular flexibility index (Phi) is 6.03. The number of hydrogen-bond acceptors (Lipinski definition) is 4. The second-order valence-electron chi connectivity index (χ2n) is 3.49. The van der Waals surface area contributed by atoms with Gasteiger partial charge < -0.3 is 14.6 Å². The molecule has 0 saturated heterocycles. The van der Waals surface area contributed by atoms with E-state index in [0.29, 0.717) is 25.6 Å². The minimum atomic E-state index is -1.04. The summed E-state index contributed by atoms with van der Waals surface area (Å²) in [5.41, 5.74) is 0.0704. The van der Waals surface area contributed by atoms with Gasteiger partial charge in [-0.25, -0.2) is 4.79 Å². The van der Waals surface area contributed by atoms with Crippen LogP contribution in [0.4, 0.5) is 0 Å². The van der Waals surface area contributed by atoms with Crippen molar-refractivity contribution in [3.8, 4) is 5.75 Å². The van der Waals surface area contributed by atoms with E-state index in [9.17, 15) is 4.79 Å². The summed E-state index contributed by atoms with van der Waals surface area (Å²) in [4.78, 5) is 14.6. The standard InChI is InChI=1S/C12H17NO4/c1-2-3-6-16-7-8-17-11-4-5-13-9-10(11)12(14)15/h4-5,9H,2-3,6-8H2,1H3,(H,14,15). The van der Waals surface area contributed by atoms with Crippen molar-refractivity contribution >= 4 is 5.97 Å². The van der Waals surface area contributed by atoms with Gasteiger partial charge in [0, 0.05) is 19.0 Å². The van der Waals surface area contributed by atoms with Gasteiger partial charge in [-0.2, -0.15) is 0 Å². The lowest BCUT2D eigenvalue weighted by Crippen LogP contribution is -2.10. The zero-order chi connectivity index (χ0) is 12.5. The molecular weight excluding hydrogens is 222 g/mol. The molecule has 0 radical (unpaired) electrons. The van der Waals surface area contributed by atoms with Gasteiger partial charge in [0.15, 0.2) is 0 Å². The van der Waals surface area contributed by atoms with E-state index in [2.05, 4.69) is 11.9 Å². The van der Waals surface area contributed by atoms with Crippen molar-refractivity contribution in [2.24, 2.45) is 0 Å². The zero-order valence-electron chi connectivity index (χ0n) is 9.89. The van der Waals surface area contributed by atoms with Gasteiger partial charge in [-0.1, -0.05) is 13.3 Å². The van der Waals surface area contributed by atoms with Crippen molar-refractivity contribution in [2.75, 3.05) is 19.8 Å². The smallest absolute Gasteiger partial charge is 0.341 e. The van der Waals surface area contributed by atoms with Gasteiger partial charge in [-0.3, -0.25) is 4.98 Å². The summed E-state index contributed by atoms with van der Waals surface area (Å²) in [6, 6.07) is 1.54. The van der Waals surface area contributed by atoms with Crippen LogP contribution in [-0.4, -0.2) is 35.9 Å². The summed E-state index contributed by atoms with van der Waals surface area (Å²) < 4.78 is 10.6. The average Bonchev–Trinajstić information content (AvgIpc) is 2.34. The van der Waals surface area contributed by atoms with E-state index in [1.807, 2.05) is 0 Å². The number of ether oxygens (including phenoxy) is 2. The Morgan fingerprint density at radius 1 is 1.41 bits per heavy atom. The molecule has 94 valence electrons. The fourth-order valence-electron chi connectivity index (χ4n) is 1.23. The largest absolute Gasteiger partial charge is 0.490 e. The van der Waals surface area contributed by atoms with Crippen LogP contribution in [0.1, 0.15) is 30.1 Å². The Labute approximate surface area is 100 Å². The summed E-state index contributed by atoms with van der Waals surface area (Å²) in [5.74, 6) is -0.716. The van der Waals surface area contributed by atoms with Crippen molar-refractivity contribution in [2.45, 2.75) is 19.8 Å². The molecule has 1 rings (SSSR count). The minimum absolute atomic E-state index is 0.0704. The van der Waals surface area contributed by atoms with Crippen molar-refractivity contribution < 1.29 is 19.4 Å². The van der Waals surface area contributed by atoms with Gasteiger partial charge in [0.05, 0.1) is 6.61 Å². The maximum Gasteiger partial charge on any atom is 0.341 e. The number of hydrogen-bond donors (Lipinski definition) is 1. The number of carboxylic acids is 1. The van der Waals surface area contributed by atoms with Crippen molar-refractivity contribution in [1.82, 2.24) is 4.98 Å². The van der Waals surface area contributed by atoms with Gasteiger partial charge in [-0.05, 0) is 12.5 Å². The molecule has 0 aliphatic carbocycles. The van der Waals surface area contributed by atoms with Crippen LogP contribution in [-0.2, 0) is 4.74 Å². The normalized spacial score (nSPS) is 10.2. The molecule has 0 amide bonds. The molecule has 0 aliphatic rings. The average molecular weight is 239 g/mol. The molecule has 1 N–H and O–H groups in total. The summed E-state index contributed by atoms with van der Waals surface area (Å²) in [7, 11) is 0. The SMILES string of the molecule is CCCCOCCOc1ccncc1C(=O)O. The predicted molar refractivity (Wildman–Crippen MR) is 62.4 cm³/mol. The molecule has 5 heteroatoms. The molecule has 1 heterocycles. The van der Waals surface area contributed by atoms with Crippen LogP contribution in [0, 0.1) is 0 Å². The highest BCUT2D eigenvalue weighted by Crippen LogP contribution is 2.15. The first-order valence-corrected chi connectivity index (χ1v) is 5.63. The topological polar surface area (TPSA) is 68.7 Å². The summed E-state index contributed by atoms with van der Waals surface area (Å²) in [6.07, 6.45) is 4.89. The fraction of sp³-hybridized carbons (Fsp3) is 0.500. The molecule has 0 aliphatic heterocycles. The molecule has 0 unspecified atom stereocenters. The van der Waals surface area contributed by atoms with E-state index in [-0.39, 0.29) is 5.56 Å². The van der Waals surface area contributed by atoms with E-state index < -0.39 is 5.97 Å². The molecule has 0 atom stereocenters. The van der Waals surface area contributed by atoms with E-state index in [1.165, 1.54) is 18.5 Å². The molecule has 17 heavy (non-hydrogen) atoms. The molecule has 0 saturated carbocycles. The highest BCUT2D eigenvalue weighted by Gasteiger charge is 2.10. The third-order valence-corrected chi connectivity index (χ3v) is 2.14. The molecule has 1 aromatic rings. The molecule has 1 aromatic heterocycles. The number of aromatic nitrogens is 1. The van der Waals surface area contributed by atoms with Gasteiger partial charge in [0.1, 0.15) is 17.9 Å².